The van der Waals surface area contributed by atoms with Gasteiger partial charge in [-0.1, -0.05) is 6.58 Å². The first kappa shape index (κ1) is 14.2. The fourth-order valence-electron chi connectivity index (χ4n) is 2.57. The van der Waals surface area contributed by atoms with Crippen LogP contribution in [0, 0.1) is 0 Å². The molecule has 3 nitrogen and oxygen atoms in total. The Balaban J connectivity index is 3.03. The molecule has 1 aliphatic rings. The predicted octanol–water partition coefficient (Wildman–Crippen LogP) is 2.76. The van der Waals surface area contributed by atoms with E-state index in [0.29, 0.717) is 0 Å². The van der Waals surface area contributed by atoms with Crippen LogP contribution >= 0.6 is 0 Å². The van der Waals surface area contributed by atoms with Crippen LogP contribution in [0.2, 0.25) is 0 Å². The van der Waals surface area contributed by atoms with Gasteiger partial charge < -0.3 is 4.74 Å². The molecule has 1 atom stereocenters. The third-order valence-corrected chi connectivity index (χ3v) is 4.75. The Hall–Kier alpha value is -0.830. The molecule has 98 valence electrons. The average Bonchev–Trinajstić information content (AvgIpc) is 2.23. The van der Waals surface area contributed by atoms with Crippen LogP contribution in [0.1, 0.15) is 47.5 Å². The van der Waals surface area contributed by atoms with Gasteiger partial charge in [0.1, 0.15) is 5.60 Å². The lowest BCUT2D eigenvalue weighted by atomic mass is 9.70. The summed E-state index contributed by atoms with van der Waals surface area (Å²) in [5, 5.41) is 0. The molecule has 0 radical (unpaired) electrons. The van der Waals surface area contributed by atoms with Crippen LogP contribution in [-0.2, 0) is 9.53 Å². The number of nitrogens with zero attached hydrogens (tertiary/aromatic N) is 1. The number of hydrogen-bond donors (Lipinski definition) is 0. The summed E-state index contributed by atoms with van der Waals surface area (Å²) < 4.78 is 5.61. The molecular weight excluding hydrogens is 214 g/mol. The maximum absolute atomic E-state index is 11.5. The zero-order valence-corrected chi connectivity index (χ0v) is 12.0. The first-order chi connectivity index (χ1) is 7.57. The van der Waals surface area contributed by atoms with Gasteiger partial charge >= 0.3 is 5.97 Å². The number of likely N-dealkylation sites (tertiary alicyclic amines) is 1. The summed E-state index contributed by atoms with van der Waals surface area (Å²) in [5.74, 6) is -0.339. The van der Waals surface area contributed by atoms with Crippen LogP contribution in [-0.4, -0.2) is 34.6 Å². The molecule has 0 bridgehead atoms. The number of rotatable bonds is 2. The average molecular weight is 239 g/mol. The number of likely N-dealkylation sites (N-methyl/N-ethyl adjacent to an activating group) is 1. The summed E-state index contributed by atoms with van der Waals surface area (Å²) >= 11 is 0. The molecule has 0 aromatic rings. The van der Waals surface area contributed by atoms with Crippen molar-refractivity contribution in [2.24, 2.45) is 0 Å². The van der Waals surface area contributed by atoms with E-state index in [-0.39, 0.29) is 17.0 Å². The Morgan fingerprint density at radius 2 is 1.76 bits per heavy atom. The van der Waals surface area contributed by atoms with Gasteiger partial charge in [-0.2, -0.15) is 0 Å². The van der Waals surface area contributed by atoms with Crippen LogP contribution < -0.4 is 0 Å². The second kappa shape index (κ2) is 4.13. The van der Waals surface area contributed by atoms with Gasteiger partial charge in [0.25, 0.3) is 0 Å². The summed E-state index contributed by atoms with van der Waals surface area (Å²) in [4.78, 5) is 13.8. The maximum atomic E-state index is 11.5. The SMILES string of the molecule is C=CC(=O)OC1(C)CCC(C)(C)N(C)C1(C)C. The normalized spacial score (nSPS) is 31.9. The van der Waals surface area contributed by atoms with Crippen LogP contribution in [0.15, 0.2) is 12.7 Å². The number of carbonyl (C=O) groups excluding carboxylic acids is 1. The lowest BCUT2D eigenvalue weighted by Gasteiger charge is -2.59. The minimum absolute atomic E-state index is 0.129. The summed E-state index contributed by atoms with van der Waals surface area (Å²) in [7, 11) is 2.10. The van der Waals surface area contributed by atoms with Crippen molar-refractivity contribution in [3.05, 3.63) is 12.7 Å². The Kier molecular flexibility index (Phi) is 3.45. The monoisotopic (exact) mass is 239 g/mol. The summed E-state index contributed by atoms with van der Waals surface area (Å²) in [5.41, 5.74) is -0.542. The molecule has 0 saturated carbocycles. The van der Waals surface area contributed by atoms with Crippen molar-refractivity contribution in [3.8, 4) is 0 Å². The highest BCUT2D eigenvalue weighted by atomic mass is 16.6. The Labute approximate surface area is 105 Å². The fraction of sp³-hybridized carbons (Fsp3) is 0.786. The fourth-order valence-corrected chi connectivity index (χ4v) is 2.57. The third kappa shape index (κ3) is 2.25. The number of ether oxygens (including phenoxy) is 1. The molecule has 0 spiro atoms. The molecular formula is C14H25NO2. The molecule has 0 aromatic heterocycles. The van der Waals surface area contributed by atoms with Gasteiger partial charge in [0.15, 0.2) is 0 Å². The molecule has 0 aliphatic carbocycles. The standard InChI is InChI=1S/C14H25NO2/c1-8-11(16)17-14(6)10-9-12(2,3)15(7)13(14,4)5/h8H,1,9-10H2,2-7H3. The number of piperidine rings is 1. The molecule has 0 N–H and O–H groups in total. The summed E-state index contributed by atoms with van der Waals surface area (Å²) in [6, 6.07) is 0. The van der Waals surface area contributed by atoms with Gasteiger partial charge in [-0.25, -0.2) is 4.79 Å². The van der Waals surface area contributed by atoms with E-state index >= 15 is 0 Å². The first-order valence-corrected chi connectivity index (χ1v) is 6.16. The van der Waals surface area contributed by atoms with Gasteiger partial charge in [-0.05, 0) is 54.5 Å². The van der Waals surface area contributed by atoms with Gasteiger partial charge in [0.2, 0.25) is 0 Å². The molecule has 1 heterocycles. The van der Waals surface area contributed by atoms with E-state index in [4.69, 9.17) is 4.74 Å². The zero-order chi connectivity index (χ0) is 13.5. The highest BCUT2D eigenvalue weighted by Crippen LogP contribution is 2.45. The Bertz CT molecular complexity index is 333. The minimum Gasteiger partial charge on any atom is -0.454 e. The first-order valence-electron chi connectivity index (χ1n) is 6.16. The third-order valence-electron chi connectivity index (χ3n) is 4.75. The van der Waals surface area contributed by atoms with E-state index in [1.54, 1.807) is 0 Å². The van der Waals surface area contributed by atoms with E-state index in [1.807, 2.05) is 6.92 Å². The zero-order valence-electron chi connectivity index (χ0n) is 12.0. The summed E-state index contributed by atoms with van der Waals surface area (Å²) in [6.45, 7) is 14.2. The van der Waals surface area contributed by atoms with E-state index in [1.165, 1.54) is 6.08 Å². The Morgan fingerprint density at radius 1 is 1.24 bits per heavy atom. The molecule has 1 aliphatic heterocycles. The molecule has 1 fully saturated rings. The topological polar surface area (TPSA) is 29.5 Å². The second-order valence-corrected chi connectivity index (χ2v) is 6.29. The summed E-state index contributed by atoms with van der Waals surface area (Å²) in [6.07, 6.45) is 3.12. The highest BCUT2D eigenvalue weighted by molar-refractivity contribution is 5.81. The number of carbonyl (C=O) groups is 1. The number of hydrogen-bond acceptors (Lipinski definition) is 3. The van der Waals surface area contributed by atoms with Gasteiger partial charge in [0, 0.05) is 11.6 Å². The van der Waals surface area contributed by atoms with Crippen molar-refractivity contribution in [1.29, 1.82) is 0 Å². The Morgan fingerprint density at radius 3 is 2.24 bits per heavy atom. The molecule has 1 rings (SSSR count). The highest BCUT2D eigenvalue weighted by Gasteiger charge is 2.54. The molecule has 0 aromatic carbocycles. The number of esters is 1. The van der Waals surface area contributed by atoms with Crippen LogP contribution in [0.4, 0.5) is 0 Å². The lowest BCUT2D eigenvalue weighted by molar-refractivity contribution is -0.190. The van der Waals surface area contributed by atoms with E-state index < -0.39 is 5.60 Å². The van der Waals surface area contributed by atoms with E-state index in [0.717, 1.165) is 12.8 Å². The van der Waals surface area contributed by atoms with Gasteiger partial charge in [-0.15, -0.1) is 0 Å². The van der Waals surface area contributed by atoms with Crippen molar-refractivity contribution in [3.63, 3.8) is 0 Å². The molecule has 0 amide bonds. The van der Waals surface area contributed by atoms with E-state index in [2.05, 4.69) is 46.2 Å². The van der Waals surface area contributed by atoms with Gasteiger partial charge in [-0.3, -0.25) is 4.90 Å². The second-order valence-electron chi connectivity index (χ2n) is 6.29. The largest absolute Gasteiger partial charge is 0.454 e. The molecule has 1 saturated heterocycles. The van der Waals surface area contributed by atoms with Crippen molar-refractivity contribution in [2.45, 2.75) is 64.1 Å². The molecule has 3 heteroatoms. The van der Waals surface area contributed by atoms with Crippen LogP contribution in [0.3, 0.4) is 0 Å². The van der Waals surface area contributed by atoms with Crippen LogP contribution in [0.5, 0.6) is 0 Å². The molecule has 17 heavy (non-hydrogen) atoms. The van der Waals surface area contributed by atoms with Crippen molar-refractivity contribution in [1.82, 2.24) is 4.90 Å². The smallest absolute Gasteiger partial charge is 0.330 e. The van der Waals surface area contributed by atoms with Crippen molar-refractivity contribution >= 4 is 5.97 Å². The van der Waals surface area contributed by atoms with Crippen molar-refractivity contribution in [2.75, 3.05) is 7.05 Å². The van der Waals surface area contributed by atoms with Crippen molar-refractivity contribution < 1.29 is 9.53 Å². The minimum atomic E-state index is -0.470. The quantitative estimate of drug-likeness (QED) is 0.548. The van der Waals surface area contributed by atoms with Crippen LogP contribution in [0.25, 0.3) is 0 Å². The van der Waals surface area contributed by atoms with E-state index in [9.17, 15) is 4.79 Å². The molecule has 1 unspecified atom stereocenters. The predicted molar refractivity (Wildman–Crippen MR) is 69.8 cm³/mol. The van der Waals surface area contributed by atoms with Gasteiger partial charge in [0.05, 0.1) is 5.54 Å². The lowest BCUT2D eigenvalue weighted by Crippen LogP contribution is -2.68. The maximum Gasteiger partial charge on any atom is 0.330 e.